The highest BCUT2D eigenvalue weighted by molar-refractivity contribution is 5.94. The van der Waals surface area contributed by atoms with E-state index in [1.807, 2.05) is 0 Å². The summed E-state index contributed by atoms with van der Waals surface area (Å²) >= 11 is 0. The van der Waals surface area contributed by atoms with Crippen molar-refractivity contribution in [2.24, 2.45) is 0 Å². The van der Waals surface area contributed by atoms with E-state index >= 15 is 0 Å². The molecule has 10 heteroatoms. The fraction of sp³-hybridized carbons (Fsp3) is 0.238. The van der Waals surface area contributed by atoms with Gasteiger partial charge in [-0.3, -0.25) is 14.4 Å². The van der Waals surface area contributed by atoms with E-state index < -0.39 is 35.8 Å². The van der Waals surface area contributed by atoms with Crippen LogP contribution in [0.2, 0.25) is 0 Å². The summed E-state index contributed by atoms with van der Waals surface area (Å²) < 4.78 is 44.5. The lowest BCUT2D eigenvalue weighted by Gasteiger charge is -2.12. The standard InChI is InChI=1S/C21H18F3N3O4/c1-2-31-18(28)11-17-15-8-3-4-9-16(15)20(30)27(26-17)12-25-19(29)13-6-5-7-14(10-13)21(22,23)24/h3-10H,2,11-12H2,1H3,(H,25,29). The number of carbonyl (C=O) groups is 2. The Morgan fingerprint density at radius 2 is 1.81 bits per heavy atom. The van der Waals surface area contributed by atoms with Gasteiger partial charge in [0.1, 0.15) is 6.67 Å². The van der Waals surface area contributed by atoms with Crippen molar-refractivity contribution in [3.05, 3.63) is 75.7 Å². The maximum atomic E-state index is 12.9. The van der Waals surface area contributed by atoms with Crippen molar-refractivity contribution in [2.45, 2.75) is 26.2 Å². The molecule has 0 fully saturated rings. The van der Waals surface area contributed by atoms with Crippen LogP contribution in [0.3, 0.4) is 0 Å². The zero-order valence-corrected chi connectivity index (χ0v) is 16.4. The average Bonchev–Trinajstić information content (AvgIpc) is 2.74. The van der Waals surface area contributed by atoms with Gasteiger partial charge >= 0.3 is 12.1 Å². The number of nitrogens with zero attached hydrogens (tertiary/aromatic N) is 2. The maximum Gasteiger partial charge on any atom is 0.416 e. The molecule has 0 unspecified atom stereocenters. The number of amides is 1. The Hall–Kier alpha value is -3.69. The topological polar surface area (TPSA) is 90.3 Å². The first-order chi connectivity index (χ1) is 14.7. The van der Waals surface area contributed by atoms with Crippen molar-refractivity contribution in [1.82, 2.24) is 15.1 Å². The molecule has 0 saturated carbocycles. The van der Waals surface area contributed by atoms with E-state index in [1.165, 1.54) is 6.07 Å². The van der Waals surface area contributed by atoms with Crippen LogP contribution in [0.25, 0.3) is 10.8 Å². The Kier molecular flexibility index (Phi) is 6.38. The van der Waals surface area contributed by atoms with Crippen molar-refractivity contribution in [2.75, 3.05) is 6.61 Å². The molecule has 0 radical (unpaired) electrons. The molecule has 0 bridgehead atoms. The molecule has 0 aliphatic heterocycles. The molecule has 7 nitrogen and oxygen atoms in total. The third-order valence-electron chi connectivity index (χ3n) is 4.40. The minimum atomic E-state index is -4.59. The van der Waals surface area contributed by atoms with E-state index in [2.05, 4.69) is 10.4 Å². The molecule has 0 aliphatic rings. The Bertz CT molecular complexity index is 1190. The van der Waals surface area contributed by atoms with Gasteiger partial charge in [0.15, 0.2) is 0 Å². The highest BCUT2D eigenvalue weighted by Crippen LogP contribution is 2.29. The average molecular weight is 433 g/mol. The molecule has 0 atom stereocenters. The Labute approximate surface area is 174 Å². The van der Waals surface area contributed by atoms with Crippen molar-refractivity contribution in [1.29, 1.82) is 0 Å². The number of fused-ring (bicyclic) bond motifs is 1. The normalized spacial score (nSPS) is 11.4. The Morgan fingerprint density at radius 1 is 1.10 bits per heavy atom. The van der Waals surface area contributed by atoms with Crippen LogP contribution in [0, 0.1) is 0 Å². The second kappa shape index (κ2) is 8.99. The molecule has 3 aromatic rings. The lowest BCUT2D eigenvalue weighted by molar-refractivity contribution is -0.142. The summed E-state index contributed by atoms with van der Waals surface area (Å²) in [4.78, 5) is 36.9. The molecule has 2 aromatic carbocycles. The molecule has 0 aliphatic carbocycles. The van der Waals surface area contributed by atoms with Gasteiger partial charge in [0.05, 0.1) is 29.7 Å². The van der Waals surface area contributed by atoms with Crippen molar-refractivity contribution in [3.63, 3.8) is 0 Å². The quantitative estimate of drug-likeness (QED) is 0.604. The Balaban J connectivity index is 1.88. The smallest absolute Gasteiger partial charge is 0.416 e. The fourth-order valence-electron chi connectivity index (χ4n) is 2.98. The first-order valence-electron chi connectivity index (χ1n) is 9.30. The van der Waals surface area contributed by atoms with Gasteiger partial charge in [0.2, 0.25) is 0 Å². The first kappa shape index (κ1) is 22.0. The first-order valence-corrected chi connectivity index (χ1v) is 9.30. The predicted octanol–water partition coefficient (Wildman–Crippen LogP) is 2.91. The Morgan fingerprint density at radius 3 is 2.48 bits per heavy atom. The monoisotopic (exact) mass is 433 g/mol. The van der Waals surface area contributed by atoms with Gasteiger partial charge in [-0.05, 0) is 31.2 Å². The summed E-state index contributed by atoms with van der Waals surface area (Å²) in [6, 6.07) is 10.5. The number of halogens is 3. The summed E-state index contributed by atoms with van der Waals surface area (Å²) in [5, 5.41) is 7.29. The van der Waals surface area contributed by atoms with E-state index in [9.17, 15) is 27.6 Å². The molecule has 1 heterocycles. The molecule has 1 N–H and O–H groups in total. The molecule has 162 valence electrons. The van der Waals surface area contributed by atoms with E-state index in [-0.39, 0.29) is 29.7 Å². The maximum absolute atomic E-state index is 12.9. The van der Waals surface area contributed by atoms with Gasteiger partial charge in [-0.2, -0.15) is 18.3 Å². The zero-order chi connectivity index (χ0) is 22.6. The number of nitrogens with one attached hydrogen (secondary N) is 1. The van der Waals surface area contributed by atoms with E-state index in [1.54, 1.807) is 31.2 Å². The van der Waals surface area contributed by atoms with Crippen molar-refractivity contribution < 1.29 is 27.5 Å². The number of hydrogen-bond acceptors (Lipinski definition) is 5. The van der Waals surface area contributed by atoms with Crippen LogP contribution < -0.4 is 10.9 Å². The predicted molar refractivity (Wildman–Crippen MR) is 105 cm³/mol. The number of hydrogen-bond donors (Lipinski definition) is 1. The van der Waals surface area contributed by atoms with Crippen molar-refractivity contribution in [3.8, 4) is 0 Å². The molecule has 0 spiro atoms. The van der Waals surface area contributed by atoms with Crippen molar-refractivity contribution >= 4 is 22.6 Å². The van der Waals surface area contributed by atoms with E-state index in [0.29, 0.717) is 5.39 Å². The van der Waals surface area contributed by atoms with Gasteiger partial charge in [-0.25, -0.2) is 4.68 Å². The number of ether oxygens (including phenoxy) is 1. The minimum absolute atomic E-state index is 0.184. The number of aromatic nitrogens is 2. The molecular formula is C21H18F3N3O4. The SMILES string of the molecule is CCOC(=O)Cc1nn(CNC(=O)c2cccc(C(F)(F)F)c2)c(=O)c2ccccc12. The highest BCUT2D eigenvalue weighted by atomic mass is 19.4. The summed E-state index contributed by atoms with van der Waals surface area (Å²) in [6.45, 7) is 1.45. The number of carbonyl (C=O) groups excluding carboxylic acids is 2. The highest BCUT2D eigenvalue weighted by Gasteiger charge is 2.30. The van der Waals surface area contributed by atoms with Crippen LogP contribution in [0.4, 0.5) is 13.2 Å². The summed E-state index contributed by atoms with van der Waals surface area (Å²) in [5.41, 5.74) is -1.41. The minimum Gasteiger partial charge on any atom is -0.466 e. The number of benzene rings is 2. The number of rotatable bonds is 6. The number of esters is 1. The van der Waals surface area contributed by atoms with Gasteiger partial charge in [-0.15, -0.1) is 0 Å². The molecule has 1 aromatic heterocycles. The van der Waals surface area contributed by atoms with Crippen LogP contribution in [0.15, 0.2) is 53.3 Å². The van der Waals surface area contributed by atoms with Gasteiger partial charge in [0.25, 0.3) is 11.5 Å². The van der Waals surface area contributed by atoms with Crippen LogP contribution in [0.5, 0.6) is 0 Å². The molecule has 31 heavy (non-hydrogen) atoms. The lowest BCUT2D eigenvalue weighted by Crippen LogP contribution is -2.34. The van der Waals surface area contributed by atoms with Crippen LogP contribution in [0.1, 0.15) is 28.5 Å². The third kappa shape index (κ3) is 5.08. The molecular weight excluding hydrogens is 415 g/mol. The van der Waals surface area contributed by atoms with Crippen LogP contribution in [-0.2, 0) is 28.8 Å². The second-order valence-electron chi connectivity index (χ2n) is 6.52. The van der Waals surface area contributed by atoms with Gasteiger partial charge < -0.3 is 10.1 Å². The lowest BCUT2D eigenvalue weighted by atomic mass is 10.1. The zero-order valence-electron chi connectivity index (χ0n) is 16.4. The fourth-order valence-corrected chi connectivity index (χ4v) is 2.98. The largest absolute Gasteiger partial charge is 0.466 e. The molecule has 0 saturated heterocycles. The summed E-state index contributed by atoms with van der Waals surface area (Å²) in [5.74, 6) is -1.33. The molecule has 3 rings (SSSR count). The van der Waals surface area contributed by atoms with Crippen LogP contribution in [-0.4, -0.2) is 28.3 Å². The summed E-state index contributed by atoms with van der Waals surface area (Å²) in [7, 11) is 0. The van der Waals surface area contributed by atoms with Crippen LogP contribution >= 0.6 is 0 Å². The molecule has 1 amide bonds. The summed E-state index contributed by atoms with van der Waals surface area (Å²) in [6.07, 6.45) is -4.77. The van der Waals surface area contributed by atoms with E-state index in [0.717, 1.165) is 22.9 Å². The van der Waals surface area contributed by atoms with E-state index in [4.69, 9.17) is 4.74 Å². The van der Waals surface area contributed by atoms with Gasteiger partial charge in [-0.1, -0.05) is 24.3 Å². The second-order valence-corrected chi connectivity index (χ2v) is 6.52. The number of alkyl halides is 3. The third-order valence-corrected chi connectivity index (χ3v) is 4.40. The van der Waals surface area contributed by atoms with Gasteiger partial charge in [0, 0.05) is 10.9 Å².